The van der Waals surface area contributed by atoms with Crippen LogP contribution in [0.4, 0.5) is 18.9 Å². The van der Waals surface area contributed by atoms with E-state index in [2.05, 4.69) is 4.98 Å². The molecule has 136 valence electrons. The summed E-state index contributed by atoms with van der Waals surface area (Å²) in [5.41, 5.74) is 5.62. The number of ether oxygens (including phenoxy) is 1. The van der Waals surface area contributed by atoms with Crippen LogP contribution in [0.5, 0.6) is 5.75 Å². The average molecular weight is 363 g/mol. The number of nitrogens with two attached hydrogens (primary N) is 1. The van der Waals surface area contributed by atoms with Crippen molar-refractivity contribution in [3.05, 3.63) is 64.7 Å². The Morgan fingerprint density at radius 1 is 1.15 bits per heavy atom. The van der Waals surface area contributed by atoms with E-state index in [4.69, 9.17) is 10.5 Å². The Bertz CT molecular complexity index is 983. The molecule has 3 rings (SSSR count). The van der Waals surface area contributed by atoms with Crippen LogP contribution in [-0.2, 0) is 12.7 Å². The number of nitrogens with zero attached hydrogens (tertiary/aromatic N) is 2. The number of rotatable bonds is 5. The van der Waals surface area contributed by atoms with Crippen LogP contribution in [0.1, 0.15) is 12.0 Å². The lowest BCUT2D eigenvalue weighted by molar-refractivity contribution is -0.138. The summed E-state index contributed by atoms with van der Waals surface area (Å²) >= 11 is 0. The fourth-order valence-electron chi connectivity index (χ4n) is 2.58. The van der Waals surface area contributed by atoms with Crippen LogP contribution in [0, 0.1) is 0 Å². The molecule has 0 atom stereocenters. The van der Waals surface area contributed by atoms with Crippen molar-refractivity contribution in [3.8, 4) is 5.75 Å². The number of benzene rings is 2. The first kappa shape index (κ1) is 17.8. The Labute approximate surface area is 146 Å². The number of nitrogen functional groups attached to an aromatic ring is 1. The molecule has 1 heterocycles. The number of hydrogen-bond acceptors (Lipinski definition) is 4. The van der Waals surface area contributed by atoms with Gasteiger partial charge in [0.1, 0.15) is 5.75 Å². The number of aryl methyl sites for hydroxylation is 1. The van der Waals surface area contributed by atoms with Gasteiger partial charge in [0.2, 0.25) is 0 Å². The monoisotopic (exact) mass is 363 g/mol. The normalized spacial score (nSPS) is 11.7. The minimum absolute atomic E-state index is 0.0362. The molecule has 0 unspecified atom stereocenters. The van der Waals surface area contributed by atoms with Crippen molar-refractivity contribution in [2.24, 2.45) is 0 Å². The highest BCUT2D eigenvalue weighted by Gasteiger charge is 2.33. The maximum Gasteiger partial charge on any atom is 0.419 e. The second kappa shape index (κ2) is 7.07. The van der Waals surface area contributed by atoms with Gasteiger partial charge in [0, 0.05) is 12.2 Å². The summed E-state index contributed by atoms with van der Waals surface area (Å²) in [6.45, 7) is 0.305. The van der Waals surface area contributed by atoms with E-state index >= 15 is 0 Å². The number of halogens is 3. The zero-order chi connectivity index (χ0) is 18.7. The predicted molar refractivity (Wildman–Crippen MR) is 92.0 cm³/mol. The van der Waals surface area contributed by atoms with Crippen LogP contribution in [0.15, 0.2) is 53.6 Å². The summed E-state index contributed by atoms with van der Waals surface area (Å²) < 4.78 is 45.4. The quantitative estimate of drug-likeness (QED) is 0.557. The molecule has 0 bridgehead atoms. The van der Waals surface area contributed by atoms with Crippen LogP contribution in [0.25, 0.3) is 10.9 Å². The largest absolute Gasteiger partial charge is 0.493 e. The van der Waals surface area contributed by atoms with Crippen LogP contribution in [0.3, 0.4) is 0 Å². The Morgan fingerprint density at radius 2 is 1.92 bits per heavy atom. The van der Waals surface area contributed by atoms with E-state index in [1.807, 2.05) is 0 Å². The average Bonchev–Trinajstić information content (AvgIpc) is 2.60. The Balaban J connectivity index is 1.67. The smallest absolute Gasteiger partial charge is 0.419 e. The van der Waals surface area contributed by atoms with Crippen molar-refractivity contribution in [1.82, 2.24) is 9.55 Å². The van der Waals surface area contributed by atoms with Crippen molar-refractivity contribution < 1.29 is 17.9 Å². The molecule has 0 aliphatic rings. The number of fused-ring (bicyclic) bond motifs is 1. The number of aromatic nitrogens is 2. The number of anilines is 1. The van der Waals surface area contributed by atoms with Crippen molar-refractivity contribution in [1.29, 1.82) is 0 Å². The van der Waals surface area contributed by atoms with E-state index in [-0.39, 0.29) is 24.5 Å². The molecule has 1 aromatic heterocycles. The zero-order valence-electron chi connectivity index (χ0n) is 13.7. The van der Waals surface area contributed by atoms with Gasteiger partial charge >= 0.3 is 6.18 Å². The number of hydrogen-bond donors (Lipinski definition) is 1. The van der Waals surface area contributed by atoms with Gasteiger partial charge in [0.25, 0.3) is 5.56 Å². The topological polar surface area (TPSA) is 70.1 Å². The highest BCUT2D eigenvalue weighted by molar-refractivity contribution is 5.80. The Hall–Kier alpha value is -3.03. The zero-order valence-corrected chi connectivity index (χ0v) is 13.7. The van der Waals surface area contributed by atoms with Crippen molar-refractivity contribution in [2.45, 2.75) is 19.1 Å². The lowest BCUT2D eigenvalue weighted by atomic mass is 10.2. The second-order valence-electron chi connectivity index (χ2n) is 5.72. The first-order valence-electron chi connectivity index (χ1n) is 7.90. The third kappa shape index (κ3) is 3.79. The molecule has 0 fully saturated rings. The number of para-hydroxylation sites is 1. The molecule has 0 radical (unpaired) electrons. The maximum absolute atomic E-state index is 12.9. The lowest BCUT2D eigenvalue weighted by Gasteiger charge is -2.14. The first-order valence-corrected chi connectivity index (χ1v) is 7.90. The summed E-state index contributed by atoms with van der Waals surface area (Å²) in [6.07, 6.45) is -2.72. The third-order valence-corrected chi connectivity index (χ3v) is 3.84. The molecule has 2 N–H and O–H groups in total. The fourth-order valence-corrected chi connectivity index (χ4v) is 2.58. The van der Waals surface area contributed by atoms with Crippen LogP contribution >= 0.6 is 0 Å². The van der Waals surface area contributed by atoms with Gasteiger partial charge in [0.15, 0.2) is 0 Å². The summed E-state index contributed by atoms with van der Waals surface area (Å²) in [5, 5.41) is 0.399. The van der Waals surface area contributed by atoms with E-state index in [1.165, 1.54) is 29.1 Å². The van der Waals surface area contributed by atoms with Gasteiger partial charge in [0.05, 0.1) is 29.4 Å². The molecule has 0 aliphatic heterocycles. The van der Waals surface area contributed by atoms with E-state index in [1.54, 1.807) is 18.2 Å². The van der Waals surface area contributed by atoms with E-state index in [0.29, 0.717) is 23.0 Å². The molecular formula is C18H16F3N3O2. The summed E-state index contributed by atoms with van der Waals surface area (Å²) in [4.78, 5) is 16.6. The summed E-state index contributed by atoms with van der Waals surface area (Å²) in [6, 6.07) is 9.90. The van der Waals surface area contributed by atoms with Gasteiger partial charge in [-0.25, -0.2) is 4.98 Å². The van der Waals surface area contributed by atoms with Crippen LogP contribution in [0.2, 0.25) is 0 Å². The standard InChI is InChI=1S/C18H16F3N3O2/c19-18(20,21)14-4-1-2-5-16(14)26-9-3-8-24-11-23-15-7-6-12(22)10-13(15)17(24)25/h1-2,4-7,10-11H,3,8-9,22H2. The predicted octanol–water partition coefficient (Wildman–Crippen LogP) is 3.47. The highest BCUT2D eigenvalue weighted by atomic mass is 19.4. The third-order valence-electron chi connectivity index (χ3n) is 3.84. The summed E-state index contributed by atoms with van der Waals surface area (Å²) in [7, 11) is 0. The van der Waals surface area contributed by atoms with Gasteiger partial charge in [-0.05, 0) is 36.8 Å². The minimum Gasteiger partial charge on any atom is -0.493 e. The molecule has 2 aromatic carbocycles. The first-order chi connectivity index (χ1) is 12.4. The van der Waals surface area contributed by atoms with Gasteiger partial charge in [-0.3, -0.25) is 9.36 Å². The fraction of sp³-hybridized carbons (Fsp3) is 0.222. The molecule has 3 aromatic rings. The molecule has 5 nitrogen and oxygen atoms in total. The SMILES string of the molecule is Nc1ccc2ncn(CCCOc3ccccc3C(F)(F)F)c(=O)c2c1. The number of alkyl halides is 3. The second-order valence-corrected chi connectivity index (χ2v) is 5.72. The lowest BCUT2D eigenvalue weighted by Crippen LogP contribution is -2.21. The molecular weight excluding hydrogens is 347 g/mol. The van der Waals surface area contributed by atoms with Crippen molar-refractivity contribution in [3.63, 3.8) is 0 Å². The van der Waals surface area contributed by atoms with Gasteiger partial charge in [-0.15, -0.1) is 0 Å². The highest BCUT2D eigenvalue weighted by Crippen LogP contribution is 2.35. The van der Waals surface area contributed by atoms with E-state index in [0.717, 1.165) is 6.07 Å². The van der Waals surface area contributed by atoms with Crippen LogP contribution in [-0.4, -0.2) is 16.2 Å². The van der Waals surface area contributed by atoms with Crippen molar-refractivity contribution >= 4 is 16.6 Å². The molecule has 0 spiro atoms. The molecule has 0 aliphatic carbocycles. The molecule has 0 amide bonds. The Kier molecular flexibility index (Phi) is 4.83. The van der Waals surface area contributed by atoms with Crippen LogP contribution < -0.4 is 16.0 Å². The minimum atomic E-state index is -4.48. The van der Waals surface area contributed by atoms with Gasteiger partial charge in [-0.1, -0.05) is 12.1 Å². The Morgan fingerprint density at radius 3 is 2.69 bits per heavy atom. The van der Waals surface area contributed by atoms with E-state index in [9.17, 15) is 18.0 Å². The molecule has 0 saturated carbocycles. The molecule has 0 saturated heterocycles. The molecule has 26 heavy (non-hydrogen) atoms. The van der Waals surface area contributed by atoms with Crippen molar-refractivity contribution in [2.75, 3.05) is 12.3 Å². The van der Waals surface area contributed by atoms with E-state index < -0.39 is 11.7 Å². The van der Waals surface area contributed by atoms with Gasteiger partial charge in [-0.2, -0.15) is 13.2 Å². The molecule has 8 heteroatoms. The maximum atomic E-state index is 12.9. The van der Waals surface area contributed by atoms with Gasteiger partial charge < -0.3 is 10.5 Å². The summed E-state index contributed by atoms with van der Waals surface area (Å²) in [5.74, 6) is -0.225.